The molecule has 0 aliphatic heterocycles. The van der Waals surface area contributed by atoms with Crippen LogP contribution in [-0.2, 0) is 14.1 Å². The molecule has 0 bridgehead atoms. The van der Waals surface area contributed by atoms with Gasteiger partial charge in [0.25, 0.3) is 0 Å². The van der Waals surface area contributed by atoms with Gasteiger partial charge in [-0.2, -0.15) is 9.13 Å². The fourth-order valence-corrected chi connectivity index (χ4v) is 5.10. The van der Waals surface area contributed by atoms with Crippen molar-refractivity contribution in [3.8, 4) is 33.6 Å². The van der Waals surface area contributed by atoms with Gasteiger partial charge in [0, 0.05) is 88.4 Å². The summed E-state index contributed by atoms with van der Waals surface area (Å²) in [5.41, 5.74) is 12.1. The fourth-order valence-electron chi connectivity index (χ4n) is 5.10. The molecule has 1 aromatic carbocycles. The zero-order valence-corrected chi connectivity index (χ0v) is 22.0. The van der Waals surface area contributed by atoms with Gasteiger partial charge in [-0.1, -0.05) is 0 Å². The third-order valence-electron chi connectivity index (χ3n) is 6.84. The van der Waals surface area contributed by atoms with E-state index in [1.165, 1.54) is 56.4 Å². The Bertz CT molecular complexity index is 1400. The summed E-state index contributed by atoms with van der Waals surface area (Å²) in [5.74, 6) is 0. The summed E-state index contributed by atoms with van der Waals surface area (Å²) in [6.07, 6.45) is 8.37. The van der Waals surface area contributed by atoms with E-state index in [1.54, 1.807) is 0 Å². The maximum Gasteiger partial charge on any atom is 0.217 e. The van der Waals surface area contributed by atoms with E-state index in [0.717, 1.165) is 0 Å². The Labute approximate surface area is 214 Å². The normalized spacial score (nSPS) is 11.1. The maximum atomic E-state index is 2.33. The molecular weight excluding hydrogens is 440 g/mol. The molecule has 4 heterocycles. The van der Waals surface area contributed by atoms with Gasteiger partial charge >= 0.3 is 0 Å². The molecule has 0 N–H and O–H groups in total. The zero-order chi connectivity index (χ0) is 25.4. The monoisotopic (exact) mass is 474 g/mol. The lowest BCUT2D eigenvalue weighted by Gasteiger charge is -2.09. The Balaban J connectivity index is 1.54. The predicted octanol–water partition coefficient (Wildman–Crippen LogP) is 4.46. The average Bonchev–Trinajstić information content (AvgIpc) is 2.84. The second-order valence-corrected chi connectivity index (χ2v) is 9.75. The number of benzene rings is 1. The molecule has 0 spiro atoms. The van der Waals surface area contributed by atoms with Crippen molar-refractivity contribution in [2.45, 2.75) is 27.7 Å². The molecule has 0 atom stereocenters. The number of nitrogens with zero attached hydrogens (tertiary/aromatic N) is 4. The number of rotatable bonds is 4. The molecule has 0 unspecified atom stereocenters. The summed E-state index contributed by atoms with van der Waals surface area (Å²) in [6, 6.07) is 26.6. The van der Waals surface area contributed by atoms with Crippen molar-refractivity contribution in [3.05, 3.63) is 120 Å². The van der Waals surface area contributed by atoms with Gasteiger partial charge in [-0.25, -0.2) is 9.13 Å². The minimum Gasteiger partial charge on any atom is -0.208 e. The van der Waals surface area contributed by atoms with E-state index < -0.39 is 0 Å². The van der Waals surface area contributed by atoms with Crippen molar-refractivity contribution in [1.82, 2.24) is 0 Å². The highest BCUT2D eigenvalue weighted by molar-refractivity contribution is 5.63. The van der Waals surface area contributed by atoms with Crippen LogP contribution in [0, 0.1) is 27.7 Å². The Morgan fingerprint density at radius 1 is 0.417 bits per heavy atom. The first kappa shape index (κ1) is 23.6. The van der Waals surface area contributed by atoms with Crippen LogP contribution >= 0.6 is 0 Å². The second-order valence-electron chi connectivity index (χ2n) is 9.75. The molecule has 178 valence electrons. The molecule has 4 heteroatoms. The molecule has 5 rings (SSSR count). The first-order valence-corrected chi connectivity index (χ1v) is 12.4. The highest BCUT2D eigenvalue weighted by Crippen LogP contribution is 2.22. The van der Waals surface area contributed by atoms with Crippen LogP contribution in [0.15, 0.2) is 97.6 Å². The van der Waals surface area contributed by atoms with E-state index in [1.807, 2.05) is 14.1 Å². The summed E-state index contributed by atoms with van der Waals surface area (Å²) in [4.78, 5) is 0. The van der Waals surface area contributed by atoms with E-state index in [0.29, 0.717) is 0 Å². The highest BCUT2D eigenvalue weighted by Gasteiger charge is 2.22. The van der Waals surface area contributed by atoms with Gasteiger partial charge in [0.2, 0.25) is 11.4 Å². The molecule has 4 aromatic heterocycles. The first-order valence-electron chi connectivity index (χ1n) is 12.4. The topological polar surface area (TPSA) is 15.5 Å². The zero-order valence-electron chi connectivity index (χ0n) is 22.0. The number of hydrogen-bond acceptors (Lipinski definition) is 0. The lowest BCUT2D eigenvalue weighted by atomic mass is 10.0. The lowest BCUT2D eigenvalue weighted by Crippen LogP contribution is -2.40. The van der Waals surface area contributed by atoms with Gasteiger partial charge in [0.15, 0.2) is 47.6 Å². The Kier molecular flexibility index (Phi) is 6.19. The van der Waals surface area contributed by atoms with Gasteiger partial charge < -0.3 is 0 Å². The number of aryl methyl sites for hydroxylation is 6. The second kappa shape index (κ2) is 9.46. The lowest BCUT2D eigenvalue weighted by molar-refractivity contribution is -0.671. The summed E-state index contributed by atoms with van der Waals surface area (Å²) in [5, 5.41) is 0. The van der Waals surface area contributed by atoms with Crippen molar-refractivity contribution in [3.63, 3.8) is 0 Å². The van der Waals surface area contributed by atoms with Crippen LogP contribution in [0.2, 0.25) is 0 Å². The minimum absolute atomic E-state index is 1.17. The van der Waals surface area contributed by atoms with Crippen LogP contribution in [0.3, 0.4) is 0 Å². The van der Waals surface area contributed by atoms with E-state index in [9.17, 15) is 0 Å². The van der Waals surface area contributed by atoms with E-state index >= 15 is 0 Å². The van der Waals surface area contributed by atoms with E-state index in [4.69, 9.17) is 0 Å². The third-order valence-corrected chi connectivity index (χ3v) is 6.84. The van der Waals surface area contributed by atoms with Crippen molar-refractivity contribution in [2.75, 3.05) is 0 Å². The molecule has 0 aliphatic carbocycles. The number of aromatic nitrogens is 4. The molecule has 0 aliphatic rings. The van der Waals surface area contributed by atoms with Crippen LogP contribution in [0.1, 0.15) is 22.8 Å². The molecule has 0 fully saturated rings. The molecule has 0 radical (unpaired) electrons. The Morgan fingerprint density at radius 2 is 0.750 bits per heavy atom. The number of pyridine rings is 4. The quantitative estimate of drug-likeness (QED) is 0.342. The molecule has 36 heavy (non-hydrogen) atoms. The first-order chi connectivity index (χ1) is 17.3. The van der Waals surface area contributed by atoms with Crippen molar-refractivity contribution in [2.24, 2.45) is 14.1 Å². The molecule has 0 saturated carbocycles. The average molecular weight is 475 g/mol. The van der Waals surface area contributed by atoms with Crippen LogP contribution in [0.5, 0.6) is 0 Å². The molecule has 4 nitrogen and oxygen atoms in total. The van der Waals surface area contributed by atoms with Crippen LogP contribution in [0.25, 0.3) is 33.6 Å². The standard InChI is InChI=1S/C32H34N4/c1-23-18-29(27-10-14-33(5)15-11-27)19-24(2)35(23)31-8-7-9-32(22-31)36-25(3)20-30(21-26(36)4)28-12-16-34(6)17-13-28/h7-22H,1-6H3/q+4. The number of hydrogen-bond donors (Lipinski definition) is 0. The summed E-state index contributed by atoms with van der Waals surface area (Å²) in [7, 11) is 4.09. The van der Waals surface area contributed by atoms with Gasteiger partial charge in [-0.05, 0) is 28.3 Å². The Morgan fingerprint density at radius 3 is 1.08 bits per heavy atom. The Hall–Kier alpha value is -4.18. The minimum atomic E-state index is 1.17. The van der Waals surface area contributed by atoms with Crippen molar-refractivity contribution in [1.29, 1.82) is 0 Å². The smallest absolute Gasteiger partial charge is 0.208 e. The summed E-state index contributed by atoms with van der Waals surface area (Å²) in [6.45, 7) is 8.74. The van der Waals surface area contributed by atoms with Gasteiger partial charge in [0.1, 0.15) is 14.1 Å². The largest absolute Gasteiger partial charge is 0.217 e. The summed E-state index contributed by atoms with van der Waals surface area (Å²) < 4.78 is 8.79. The highest BCUT2D eigenvalue weighted by atomic mass is 15.0. The van der Waals surface area contributed by atoms with Crippen molar-refractivity contribution >= 4 is 0 Å². The van der Waals surface area contributed by atoms with E-state index in [-0.39, 0.29) is 0 Å². The van der Waals surface area contributed by atoms with E-state index in [2.05, 4.69) is 144 Å². The maximum absolute atomic E-state index is 2.33. The molecule has 0 amide bonds. The van der Waals surface area contributed by atoms with Crippen LogP contribution < -0.4 is 18.3 Å². The van der Waals surface area contributed by atoms with Gasteiger partial charge in [-0.15, -0.1) is 0 Å². The molecule has 5 aromatic rings. The van der Waals surface area contributed by atoms with Gasteiger partial charge in [-0.3, -0.25) is 0 Å². The van der Waals surface area contributed by atoms with Gasteiger partial charge in [0.05, 0.1) is 6.07 Å². The molecular formula is C32H34N4+4. The SMILES string of the molecule is Cc1cc(-c2cc[n+](C)cc2)cc(C)[n+]1-c1cccc(-[n+]2c(C)cc(-c3cc[n+](C)cc3)cc2C)c1. The molecule has 0 saturated heterocycles. The third kappa shape index (κ3) is 4.55. The van der Waals surface area contributed by atoms with Crippen LogP contribution in [0.4, 0.5) is 0 Å². The predicted molar refractivity (Wildman–Crippen MR) is 142 cm³/mol. The van der Waals surface area contributed by atoms with Crippen molar-refractivity contribution < 1.29 is 18.3 Å². The summed E-state index contributed by atoms with van der Waals surface area (Å²) >= 11 is 0. The van der Waals surface area contributed by atoms with Crippen LogP contribution in [-0.4, -0.2) is 0 Å². The fraction of sp³-hybridized carbons (Fsp3) is 0.188.